The van der Waals surface area contributed by atoms with Crippen molar-refractivity contribution in [3.8, 4) is 11.3 Å². The van der Waals surface area contributed by atoms with Crippen molar-refractivity contribution < 1.29 is 9.90 Å². The van der Waals surface area contributed by atoms with Crippen molar-refractivity contribution in [3.05, 3.63) is 40.3 Å². The number of aromatic amines is 1. The van der Waals surface area contributed by atoms with Gasteiger partial charge in [-0.3, -0.25) is 4.79 Å². The lowest BCUT2D eigenvalue weighted by Crippen LogP contribution is -2.08. The third-order valence-electron chi connectivity index (χ3n) is 2.80. The van der Waals surface area contributed by atoms with E-state index < -0.39 is 11.9 Å². The second-order valence-electron chi connectivity index (χ2n) is 4.16. The summed E-state index contributed by atoms with van der Waals surface area (Å²) in [6.07, 6.45) is 0. The molecule has 0 aliphatic rings. The van der Waals surface area contributed by atoms with Crippen LogP contribution in [0.3, 0.4) is 0 Å². The second-order valence-corrected chi connectivity index (χ2v) is 5.08. The number of nitrogens with zero attached hydrogens (tertiary/aromatic N) is 1. The molecule has 0 bridgehead atoms. The first kappa shape index (κ1) is 12.8. The minimum absolute atomic E-state index is 0.484. The van der Waals surface area contributed by atoms with E-state index in [1.807, 2.05) is 31.2 Å². The highest BCUT2D eigenvalue weighted by Crippen LogP contribution is 2.25. The van der Waals surface area contributed by atoms with E-state index in [-0.39, 0.29) is 0 Å². The van der Waals surface area contributed by atoms with E-state index in [1.165, 1.54) is 0 Å². The molecular formula is C13H13BrN2O2. The highest BCUT2D eigenvalue weighted by atomic mass is 79.9. The molecule has 0 aliphatic heterocycles. The predicted octanol–water partition coefficient (Wildman–Crippen LogP) is 3.34. The minimum atomic E-state index is -0.883. The topological polar surface area (TPSA) is 66.0 Å². The van der Waals surface area contributed by atoms with Crippen molar-refractivity contribution >= 4 is 21.9 Å². The van der Waals surface area contributed by atoms with Gasteiger partial charge in [0.25, 0.3) is 0 Å². The maximum atomic E-state index is 10.9. The smallest absolute Gasteiger partial charge is 0.313 e. The Labute approximate surface area is 113 Å². The molecule has 2 N–H and O–H groups in total. The van der Waals surface area contributed by atoms with E-state index in [2.05, 4.69) is 25.9 Å². The van der Waals surface area contributed by atoms with Crippen LogP contribution in [0.4, 0.5) is 0 Å². The van der Waals surface area contributed by atoms with Crippen molar-refractivity contribution in [2.75, 3.05) is 0 Å². The molecule has 0 fully saturated rings. The first-order chi connectivity index (χ1) is 8.49. The second kappa shape index (κ2) is 4.94. The largest absolute Gasteiger partial charge is 0.481 e. The molecule has 5 heteroatoms. The number of carbonyl (C=O) groups is 1. The van der Waals surface area contributed by atoms with Crippen LogP contribution in [0.1, 0.15) is 24.4 Å². The Kier molecular flexibility index (Phi) is 3.52. The van der Waals surface area contributed by atoms with Gasteiger partial charge < -0.3 is 10.1 Å². The number of benzene rings is 1. The zero-order valence-corrected chi connectivity index (χ0v) is 11.7. The summed E-state index contributed by atoms with van der Waals surface area (Å²) in [4.78, 5) is 18.3. The first-order valence-electron chi connectivity index (χ1n) is 5.54. The van der Waals surface area contributed by atoms with Gasteiger partial charge in [0.1, 0.15) is 11.7 Å². The van der Waals surface area contributed by atoms with Crippen LogP contribution in [0.25, 0.3) is 11.3 Å². The van der Waals surface area contributed by atoms with Gasteiger partial charge in [0.15, 0.2) is 0 Å². The maximum absolute atomic E-state index is 10.9. The van der Waals surface area contributed by atoms with E-state index in [0.717, 1.165) is 21.4 Å². The van der Waals surface area contributed by atoms with Gasteiger partial charge in [-0.05, 0) is 26.0 Å². The number of nitrogens with one attached hydrogen (secondary N) is 1. The number of halogens is 1. The number of H-pyrrole nitrogens is 1. The average Bonchev–Trinajstić information content (AvgIpc) is 2.71. The monoisotopic (exact) mass is 308 g/mol. The van der Waals surface area contributed by atoms with Gasteiger partial charge in [-0.2, -0.15) is 0 Å². The van der Waals surface area contributed by atoms with Crippen molar-refractivity contribution in [2.45, 2.75) is 19.8 Å². The van der Waals surface area contributed by atoms with E-state index in [0.29, 0.717) is 5.82 Å². The normalized spacial score (nSPS) is 12.4. The zero-order chi connectivity index (χ0) is 13.3. The number of carboxylic acid groups (broad SMARTS) is 1. The molecular weight excluding hydrogens is 296 g/mol. The van der Waals surface area contributed by atoms with E-state index in [1.54, 1.807) is 6.92 Å². The van der Waals surface area contributed by atoms with Gasteiger partial charge in [0, 0.05) is 15.7 Å². The van der Waals surface area contributed by atoms with Crippen LogP contribution in [0.15, 0.2) is 28.7 Å². The van der Waals surface area contributed by atoms with Gasteiger partial charge in [0.2, 0.25) is 0 Å². The van der Waals surface area contributed by atoms with Crippen molar-refractivity contribution in [3.63, 3.8) is 0 Å². The number of hydrogen-bond donors (Lipinski definition) is 2. The number of imidazole rings is 1. The van der Waals surface area contributed by atoms with Crippen LogP contribution < -0.4 is 0 Å². The fourth-order valence-electron chi connectivity index (χ4n) is 1.69. The predicted molar refractivity (Wildman–Crippen MR) is 72.5 cm³/mol. The molecule has 0 spiro atoms. The molecule has 2 rings (SSSR count). The summed E-state index contributed by atoms with van der Waals surface area (Å²) in [7, 11) is 0. The van der Waals surface area contributed by atoms with Gasteiger partial charge >= 0.3 is 5.97 Å². The molecule has 0 saturated carbocycles. The van der Waals surface area contributed by atoms with Crippen LogP contribution in [-0.2, 0) is 4.79 Å². The highest BCUT2D eigenvalue weighted by molar-refractivity contribution is 9.10. The summed E-state index contributed by atoms with van der Waals surface area (Å²) in [5.41, 5.74) is 2.64. The van der Waals surface area contributed by atoms with Crippen LogP contribution in [0, 0.1) is 6.92 Å². The summed E-state index contributed by atoms with van der Waals surface area (Å²) in [6.45, 7) is 3.51. The third-order valence-corrected chi connectivity index (χ3v) is 3.33. The summed E-state index contributed by atoms with van der Waals surface area (Å²) in [5.74, 6) is -1.03. The molecule has 1 unspecified atom stereocenters. The van der Waals surface area contributed by atoms with E-state index in [9.17, 15) is 4.79 Å². The SMILES string of the molecule is Cc1[nH]c(C(C)C(=O)O)nc1-c1ccc(Br)cc1. The molecule has 1 aromatic heterocycles. The molecule has 2 aromatic rings. The summed E-state index contributed by atoms with van der Waals surface area (Å²) >= 11 is 3.38. The Bertz CT molecular complexity index is 575. The molecule has 18 heavy (non-hydrogen) atoms. The fourth-order valence-corrected chi connectivity index (χ4v) is 1.96. The van der Waals surface area contributed by atoms with Crippen molar-refractivity contribution in [2.24, 2.45) is 0 Å². The lowest BCUT2D eigenvalue weighted by Gasteiger charge is -2.00. The summed E-state index contributed by atoms with van der Waals surface area (Å²) in [5, 5.41) is 8.98. The lowest BCUT2D eigenvalue weighted by atomic mass is 10.1. The maximum Gasteiger partial charge on any atom is 0.313 e. The molecule has 0 aliphatic carbocycles. The third kappa shape index (κ3) is 2.46. The van der Waals surface area contributed by atoms with Crippen molar-refractivity contribution in [1.82, 2.24) is 9.97 Å². The highest BCUT2D eigenvalue weighted by Gasteiger charge is 2.19. The minimum Gasteiger partial charge on any atom is -0.481 e. The number of carboxylic acids is 1. The Hall–Kier alpha value is -1.62. The van der Waals surface area contributed by atoms with Crippen LogP contribution >= 0.6 is 15.9 Å². The molecule has 0 saturated heterocycles. The molecule has 0 amide bonds. The Morgan fingerprint density at radius 3 is 2.56 bits per heavy atom. The van der Waals surface area contributed by atoms with Gasteiger partial charge in [-0.1, -0.05) is 28.1 Å². The average molecular weight is 309 g/mol. The zero-order valence-electron chi connectivity index (χ0n) is 10.1. The quantitative estimate of drug-likeness (QED) is 0.914. The van der Waals surface area contributed by atoms with Crippen LogP contribution in [0.2, 0.25) is 0 Å². The Morgan fingerprint density at radius 2 is 2.00 bits per heavy atom. The van der Waals surface area contributed by atoms with Crippen LogP contribution in [-0.4, -0.2) is 21.0 Å². The number of aliphatic carboxylic acids is 1. The Morgan fingerprint density at radius 1 is 1.39 bits per heavy atom. The first-order valence-corrected chi connectivity index (χ1v) is 6.33. The van der Waals surface area contributed by atoms with E-state index in [4.69, 9.17) is 5.11 Å². The number of aromatic nitrogens is 2. The summed E-state index contributed by atoms with van der Waals surface area (Å²) < 4.78 is 0.999. The number of rotatable bonds is 3. The summed E-state index contributed by atoms with van der Waals surface area (Å²) in [6, 6.07) is 7.76. The molecule has 94 valence electrons. The standard InChI is InChI=1S/C13H13BrN2O2/c1-7(13(17)18)12-15-8(2)11(16-12)9-3-5-10(14)6-4-9/h3-7H,1-2H3,(H,15,16)(H,17,18). The molecule has 0 radical (unpaired) electrons. The molecule has 1 heterocycles. The molecule has 1 aromatic carbocycles. The van der Waals surface area contributed by atoms with Gasteiger partial charge in [-0.25, -0.2) is 4.98 Å². The lowest BCUT2D eigenvalue weighted by molar-refractivity contribution is -0.138. The van der Waals surface area contributed by atoms with Gasteiger partial charge in [-0.15, -0.1) is 0 Å². The molecule has 4 nitrogen and oxygen atoms in total. The molecule has 1 atom stereocenters. The fraction of sp³-hybridized carbons (Fsp3) is 0.231. The van der Waals surface area contributed by atoms with Crippen molar-refractivity contribution in [1.29, 1.82) is 0 Å². The Balaban J connectivity index is 2.40. The van der Waals surface area contributed by atoms with Gasteiger partial charge in [0.05, 0.1) is 5.69 Å². The number of hydrogen-bond acceptors (Lipinski definition) is 2. The van der Waals surface area contributed by atoms with Crippen LogP contribution in [0.5, 0.6) is 0 Å². The number of aryl methyl sites for hydroxylation is 1. The van der Waals surface area contributed by atoms with E-state index >= 15 is 0 Å².